The zero-order valence-corrected chi connectivity index (χ0v) is 15.4. The van der Waals surface area contributed by atoms with E-state index in [0.717, 1.165) is 34.2 Å². The average Bonchev–Trinajstić information content (AvgIpc) is 3.27. The number of benzene rings is 1. The third kappa shape index (κ3) is 3.67. The summed E-state index contributed by atoms with van der Waals surface area (Å²) >= 11 is 8.00. The van der Waals surface area contributed by atoms with Crippen molar-refractivity contribution in [3.05, 3.63) is 46.6 Å². The van der Waals surface area contributed by atoms with Crippen LogP contribution in [-0.2, 0) is 6.42 Å². The van der Waals surface area contributed by atoms with Crippen molar-refractivity contribution >= 4 is 28.9 Å². The lowest BCUT2D eigenvalue weighted by atomic mass is 10.1. The number of nitrogens with zero attached hydrogens (tertiary/aromatic N) is 3. The second-order valence-electron chi connectivity index (χ2n) is 6.45. The molecule has 1 aliphatic carbocycles. The Morgan fingerprint density at radius 3 is 2.68 bits per heavy atom. The van der Waals surface area contributed by atoms with Crippen molar-refractivity contribution in [1.29, 1.82) is 0 Å². The van der Waals surface area contributed by atoms with Crippen LogP contribution in [0.3, 0.4) is 0 Å². The van der Waals surface area contributed by atoms with E-state index in [1.54, 1.807) is 11.3 Å². The second-order valence-corrected chi connectivity index (χ2v) is 7.97. The van der Waals surface area contributed by atoms with Crippen molar-refractivity contribution in [2.75, 3.05) is 5.73 Å². The Morgan fingerprint density at radius 2 is 1.88 bits per heavy atom. The molecule has 4 nitrogen and oxygen atoms in total. The van der Waals surface area contributed by atoms with Gasteiger partial charge in [0, 0.05) is 23.2 Å². The molecule has 128 valence electrons. The highest BCUT2D eigenvalue weighted by Crippen LogP contribution is 2.34. The van der Waals surface area contributed by atoms with Crippen molar-refractivity contribution in [3.63, 3.8) is 0 Å². The number of hydrogen-bond acceptors (Lipinski definition) is 5. The van der Waals surface area contributed by atoms with Gasteiger partial charge < -0.3 is 5.73 Å². The quantitative estimate of drug-likeness (QED) is 0.682. The molecule has 2 N–H and O–H groups in total. The van der Waals surface area contributed by atoms with E-state index in [-0.39, 0.29) is 5.95 Å². The molecular weight excluding hydrogens is 352 g/mol. The summed E-state index contributed by atoms with van der Waals surface area (Å²) < 4.78 is 0. The Kier molecular flexibility index (Phi) is 4.68. The molecule has 1 aliphatic rings. The second kappa shape index (κ2) is 7.10. The highest BCUT2D eigenvalue weighted by molar-refractivity contribution is 7.15. The van der Waals surface area contributed by atoms with Crippen LogP contribution in [0.15, 0.2) is 36.5 Å². The molecule has 1 saturated carbocycles. The van der Waals surface area contributed by atoms with Gasteiger partial charge in [0.1, 0.15) is 0 Å². The fourth-order valence-corrected chi connectivity index (χ4v) is 4.61. The van der Waals surface area contributed by atoms with Gasteiger partial charge in [-0.25, -0.2) is 15.0 Å². The molecular formula is C19H19ClN4S. The molecule has 0 unspecified atom stereocenters. The summed E-state index contributed by atoms with van der Waals surface area (Å²) in [6.07, 6.45) is 8.33. The minimum Gasteiger partial charge on any atom is -0.368 e. The van der Waals surface area contributed by atoms with Crippen LogP contribution in [0.25, 0.3) is 21.8 Å². The van der Waals surface area contributed by atoms with Crippen molar-refractivity contribution in [3.8, 4) is 21.8 Å². The molecule has 25 heavy (non-hydrogen) atoms. The molecule has 1 fully saturated rings. The minimum absolute atomic E-state index is 0.248. The van der Waals surface area contributed by atoms with E-state index in [9.17, 15) is 0 Å². The summed E-state index contributed by atoms with van der Waals surface area (Å²) in [5.74, 6) is 1.03. The number of aromatic nitrogens is 3. The average molecular weight is 371 g/mol. The lowest BCUT2D eigenvalue weighted by molar-refractivity contribution is 0.545. The third-order valence-electron chi connectivity index (χ3n) is 4.64. The highest BCUT2D eigenvalue weighted by Gasteiger charge is 2.18. The van der Waals surface area contributed by atoms with Gasteiger partial charge in [-0.2, -0.15) is 0 Å². The molecule has 4 rings (SSSR count). The van der Waals surface area contributed by atoms with Crippen LogP contribution in [0, 0.1) is 5.92 Å². The number of nitrogen functional groups attached to an aromatic ring is 1. The first-order valence-electron chi connectivity index (χ1n) is 8.53. The van der Waals surface area contributed by atoms with Crippen LogP contribution in [0.2, 0.25) is 5.02 Å². The summed E-state index contributed by atoms with van der Waals surface area (Å²) in [7, 11) is 0. The fraction of sp³-hybridized carbons (Fsp3) is 0.316. The molecule has 6 heteroatoms. The van der Waals surface area contributed by atoms with Gasteiger partial charge in [0.2, 0.25) is 5.95 Å². The van der Waals surface area contributed by atoms with Crippen molar-refractivity contribution in [2.45, 2.75) is 32.1 Å². The lowest BCUT2D eigenvalue weighted by Gasteiger charge is -2.06. The number of thiazole rings is 1. The van der Waals surface area contributed by atoms with Crippen molar-refractivity contribution < 1.29 is 0 Å². The molecule has 3 aromatic rings. The van der Waals surface area contributed by atoms with E-state index in [1.807, 2.05) is 36.5 Å². The number of halogens is 1. The Labute approximate surface area is 156 Å². The molecule has 0 saturated heterocycles. The van der Waals surface area contributed by atoms with Gasteiger partial charge in [0.15, 0.2) is 0 Å². The Balaban J connectivity index is 1.64. The molecule has 1 aromatic carbocycles. The zero-order valence-electron chi connectivity index (χ0n) is 13.8. The minimum atomic E-state index is 0.248. The maximum atomic E-state index is 6.30. The lowest BCUT2D eigenvalue weighted by Crippen LogP contribution is -1.98. The van der Waals surface area contributed by atoms with Gasteiger partial charge >= 0.3 is 0 Å². The van der Waals surface area contributed by atoms with Crippen LogP contribution in [0.5, 0.6) is 0 Å². The molecule has 2 heterocycles. The predicted molar refractivity (Wildman–Crippen MR) is 104 cm³/mol. The Bertz CT molecular complexity index is 887. The van der Waals surface area contributed by atoms with Crippen LogP contribution in [0.4, 0.5) is 5.95 Å². The van der Waals surface area contributed by atoms with Gasteiger partial charge in [-0.05, 0) is 18.1 Å². The summed E-state index contributed by atoms with van der Waals surface area (Å²) in [5, 5.41) is 1.83. The highest BCUT2D eigenvalue weighted by atomic mass is 35.5. The monoisotopic (exact) mass is 370 g/mol. The molecule has 0 bridgehead atoms. The van der Waals surface area contributed by atoms with Crippen molar-refractivity contribution in [1.82, 2.24) is 15.0 Å². The predicted octanol–water partition coefficient (Wildman–Crippen LogP) is 5.24. The maximum Gasteiger partial charge on any atom is 0.221 e. The number of anilines is 1. The van der Waals surface area contributed by atoms with Crippen LogP contribution in [0.1, 0.15) is 30.7 Å². The SMILES string of the molecule is Nc1nc(-c2cnc(CC3CCCC3)s2)cc(-c2ccccc2Cl)n1. The van der Waals surface area contributed by atoms with Gasteiger partial charge in [0.25, 0.3) is 0 Å². The topological polar surface area (TPSA) is 64.7 Å². The first-order valence-corrected chi connectivity index (χ1v) is 9.73. The fourth-order valence-electron chi connectivity index (χ4n) is 3.38. The van der Waals surface area contributed by atoms with E-state index < -0.39 is 0 Å². The van der Waals surface area contributed by atoms with Gasteiger partial charge in [-0.15, -0.1) is 11.3 Å². The van der Waals surface area contributed by atoms with Crippen molar-refractivity contribution in [2.24, 2.45) is 5.92 Å². The smallest absolute Gasteiger partial charge is 0.221 e. The molecule has 0 atom stereocenters. The largest absolute Gasteiger partial charge is 0.368 e. The summed E-state index contributed by atoms with van der Waals surface area (Å²) in [6, 6.07) is 9.55. The summed E-state index contributed by atoms with van der Waals surface area (Å²) in [6.45, 7) is 0. The standard InChI is InChI=1S/C19H19ClN4S/c20-14-8-4-3-7-13(14)15-10-16(24-19(21)23-15)17-11-22-18(25-17)9-12-5-1-2-6-12/h3-4,7-8,10-12H,1-2,5-6,9H2,(H2,21,23,24). The van der Waals surface area contributed by atoms with Gasteiger partial charge in [0.05, 0.1) is 21.3 Å². The number of hydrogen-bond donors (Lipinski definition) is 1. The van der Waals surface area contributed by atoms with Gasteiger partial charge in [-0.1, -0.05) is 55.5 Å². The Morgan fingerprint density at radius 1 is 1.12 bits per heavy atom. The molecule has 0 aliphatic heterocycles. The first-order chi connectivity index (χ1) is 12.2. The summed E-state index contributed by atoms with van der Waals surface area (Å²) in [5.41, 5.74) is 8.34. The molecule has 0 spiro atoms. The Hall–Kier alpha value is -1.98. The molecule has 0 radical (unpaired) electrons. The van der Waals surface area contributed by atoms with Crippen LogP contribution < -0.4 is 5.73 Å². The van der Waals surface area contributed by atoms with E-state index in [0.29, 0.717) is 5.02 Å². The first kappa shape index (κ1) is 16.5. The number of rotatable bonds is 4. The molecule has 2 aromatic heterocycles. The van der Waals surface area contributed by atoms with E-state index in [2.05, 4.69) is 15.0 Å². The van der Waals surface area contributed by atoms with E-state index in [1.165, 1.54) is 30.7 Å². The van der Waals surface area contributed by atoms with Crippen LogP contribution >= 0.6 is 22.9 Å². The number of nitrogens with two attached hydrogens (primary N) is 1. The van der Waals surface area contributed by atoms with E-state index >= 15 is 0 Å². The third-order valence-corrected chi connectivity index (χ3v) is 6.01. The van der Waals surface area contributed by atoms with Crippen LogP contribution in [-0.4, -0.2) is 15.0 Å². The summed E-state index contributed by atoms with van der Waals surface area (Å²) in [4.78, 5) is 14.4. The van der Waals surface area contributed by atoms with Gasteiger partial charge in [-0.3, -0.25) is 0 Å². The molecule has 0 amide bonds. The normalized spacial score (nSPS) is 14.9. The van der Waals surface area contributed by atoms with E-state index in [4.69, 9.17) is 17.3 Å². The maximum absolute atomic E-state index is 6.30. The zero-order chi connectivity index (χ0) is 17.2.